The number of hydrogen-bond acceptors (Lipinski definition) is 7. The number of thioether (sulfide) groups is 1. The quantitative estimate of drug-likeness (QED) is 0.345. The Labute approximate surface area is 171 Å². The zero-order valence-corrected chi connectivity index (χ0v) is 17.5. The average molecular weight is 416 g/mol. The normalized spacial score (nSPS) is 11.1. The van der Waals surface area contributed by atoms with E-state index in [9.17, 15) is 4.79 Å². The molecular formula is C19H21N5O2S2. The Hall–Kier alpha value is -2.65. The molecule has 2 heterocycles. The first-order valence-corrected chi connectivity index (χ1v) is 10.5. The fraction of sp³-hybridized carbons (Fsp3) is 0.263. The number of hydrogen-bond donors (Lipinski definition) is 1. The molecule has 146 valence electrons. The monoisotopic (exact) mass is 415 g/mol. The third-order valence-electron chi connectivity index (χ3n) is 3.99. The van der Waals surface area contributed by atoms with Crippen LogP contribution in [0.25, 0.3) is 11.4 Å². The number of hydrazone groups is 1. The number of nitrogens with one attached hydrogen (secondary N) is 1. The van der Waals surface area contributed by atoms with Crippen LogP contribution in [-0.4, -0.2) is 39.7 Å². The highest BCUT2D eigenvalue weighted by molar-refractivity contribution is 7.99. The van der Waals surface area contributed by atoms with E-state index >= 15 is 0 Å². The van der Waals surface area contributed by atoms with E-state index in [-0.39, 0.29) is 11.7 Å². The number of benzene rings is 1. The molecule has 0 unspecified atom stereocenters. The second-order valence-electron chi connectivity index (χ2n) is 5.83. The molecule has 1 N–H and O–H groups in total. The van der Waals surface area contributed by atoms with Crippen LogP contribution in [0.5, 0.6) is 5.75 Å². The summed E-state index contributed by atoms with van der Waals surface area (Å²) in [6, 6.07) is 9.67. The summed E-state index contributed by atoms with van der Waals surface area (Å²) < 4.78 is 7.18. The molecule has 1 amide bonds. The van der Waals surface area contributed by atoms with E-state index in [1.165, 1.54) is 11.8 Å². The number of thiophene rings is 1. The molecule has 28 heavy (non-hydrogen) atoms. The van der Waals surface area contributed by atoms with Crippen LogP contribution in [-0.2, 0) is 11.3 Å². The Bertz CT molecular complexity index is 963. The van der Waals surface area contributed by atoms with E-state index in [1.54, 1.807) is 24.7 Å². The van der Waals surface area contributed by atoms with Crippen molar-refractivity contribution in [2.75, 3.05) is 12.9 Å². The van der Waals surface area contributed by atoms with Crippen LogP contribution in [0.15, 0.2) is 46.0 Å². The van der Waals surface area contributed by atoms with E-state index in [0.29, 0.717) is 11.7 Å². The highest BCUT2D eigenvalue weighted by Crippen LogP contribution is 2.25. The third kappa shape index (κ3) is 4.79. The van der Waals surface area contributed by atoms with Gasteiger partial charge < -0.3 is 9.30 Å². The topological polar surface area (TPSA) is 81.4 Å². The van der Waals surface area contributed by atoms with Crippen LogP contribution in [0, 0.1) is 6.92 Å². The van der Waals surface area contributed by atoms with E-state index in [0.717, 1.165) is 27.6 Å². The Morgan fingerprint density at radius 1 is 1.32 bits per heavy atom. The van der Waals surface area contributed by atoms with Gasteiger partial charge in [-0.2, -0.15) is 5.10 Å². The molecule has 0 saturated heterocycles. The van der Waals surface area contributed by atoms with Gasteiger partial charge in [0.1, 0.15) is 5.75 Å². The molecule has 0 aliphatic heterocycles. The van der Waals surface area contributed by atoms with E-state index in [1.807, 2.05) is 54.1 Å². The summed E-state index contributed by atoms with van der Waals surface area (Å²) in [5.74, 6) is 1.57. The van der Waals surface area contributed by atoms with Crippen molar-refractivity contribution in [1.29, 1.82) is 0 Å². The molecule has 0 saturated carbocycles. The van der Waals surface area contributed by atoms with E-state index in [2.05, 4.69) is 20.7 Å². The van der Waals surface area contributed by atoms with Gasteiger partial charge in [-0.15, -0.1) is 21.5 Å². The number of carbonyl (C=O) groups excluding carboxylic acids is 1. The molecule has 0 aliphatic rings. The Morgan fingerprint density at radius 3 is 2.75 bits per heavy atom. The van der Waals surface area contributed by atoms with Crippen LogP contribution in [0.1, 0.15) is 17.4 Å². The summed E-state index contributed by atoms with van der Waals surface area (Å²) >= 11 is 2.92. The van der Waals surface area contributed by atoms with Crippen LogP contribution in [0.4, 0.5) is 0 Å². The largest absolute Gasteiger partial charge is 0.497 e. The van der Waals surface area contributed by atoms with E-state index in [4.69, 9.17) is 4.74 Å². The van der Waals surface area contributed by atoms with E-state index < -0.39 is 0 Å². The zero-order valence-electron chi connectivity index (χ0n) is 15.9. The minimum Gasteiger partial charge on any atom is -0.497 e. The van der Waals surface area contributed by atoms with Crippen molar-refractivity contribution in [3.05, 3.63) is 46.2 Å². The standard InChI is InChI=1S/C19H21N5O2S2/c1-4-24-18(14-5-7-15(26-3)8-6-14)22-23-19(24)28-12-17(25)21-20-11-16-13(2)9-10-27-16/h5-11H,4,12H2,1-3H3,(H,21,25)/b20-11+. The molecule has 0 fully saturated rings. The maximum atomic E-state index is 12.1. The summed E-state index contributed by atoms with van der Waals surface area (Å²) in [5, 5.41) is 15.2. The van der Waals surface area contributed by atoms with Crippen LogP contribution in [0.3, 0.4) is 0 Å². The highest BCUT2D eigenvalue weighted by atomic mass is 32.2. The number of aryl methyl sites for hydroxylation is 1. The summed E-state index contributed by atoms with van der Waals surface area (Å²) in [6.07, 6.45) is 1.67. The highest BCUT2D eigenvalue weighted by Gasteiger charge is 2.14. The molecule has 3 aromatic rings. The zero-order chi connectivity index (χ0) is 19.9. The van der Waals surface area contributed by atoms with Gasteiger partial charge in [-0.3, -0.25) is 4.79 Å². The second-order valence-corrected chi connectivity index (χ2v) is 7.72. The first-order chi connectivity index (χ1) is 13.6. The van der Waals surface area contributed by atoms with Crippen LogP contribution in [0.2, 0.25) is 0 Å². The van der Waals surface area contributed by atoms with Crippen LogP contribution < -0.4 is 10.2 Å². The lowest BCUT2D eigenvalue weighted by Crippen LogP contribution is -2.20. The maximum Gasteiger partial charge on any atom is 0.250 e. The number of amides is 1. The molecule has 9 heteroatoms. The molecule has 0 spiro atoms. The van der Waals surface area contributed by atoms with Gasteiger partial charge in [0.15, 0.2) is 11.0 Å². The fourth-order valence-electron chi connectivity index (χ4n) is 2.48. The third-order valence-corrected chi connectivity index (χ3v) is 5.91. The van der Waals surface area contributed by atoms with Gasteiger partial charge in [0.2, 0.25) is 0 Å². The Balaban J connectivity index is 1.61. The van der Waals surface area contributed by atoms with Crippen molar-refractivity contribution in [3.63, 3.8) is 0 Å². The van der Waals surface area contributed by atoms with Crippen molar-refractivity contribution in [2.45, 2.75) is 25.5 Å². The molecule has 3 rings (SSSR count). The van der Waals surface area contributed by atoms with Crippen molar-refractivity contribution in [3.8, 4) is 17.1 Å². The number of nitrogens with zero attached hydrogens (tertiary/aromatic N) is 4. The van der Waals surface area contributed by atoms with Crippen molar-refractivity contribution in [1.82, 2.24) is 20.2 Å². The molecule has 0 aliphatic carbocycles. The molecule has 0 bridgehead atoms. The SMILES string of the molecule is CCn1c(SCC(=O)N/N=C/c2sccc2C)nnc1-c1ccc(OC)cc1. The van der Waals surface area contributed by atoms with Gasteiger partial charge in [-0.25, -0.2) is 5.43 Å². The number of ether oxygens (including phenoxy) is 1. The lowest BCUT2D eigenvalue weighted by molar-refractivity contribution is -0.118. The fourth-order valence-corrected chi connectivity index (χ4v) is 4.06. The van der Waals surface area contributed by atoms with Crippen molar-refractivity contribution < 1.29 is 9.53 Å². The average Bonchev–Trinajstić information content (AvgIpc) is 3.32. The molecule has 0 radical (unpaired) electrons. The molecular weight excluding hydrogens is 394 g/mol. The number of carbonyl (C=O) groups is 1. The summed E-state index contributed by atoms with van der Waals surface area (Å²) in [4.78, 5) is 13.1. The Kier molecular flexibility index (Phi) is 6.83. The van der Waals surface area contributed by atoms with Crippen molar-refractivity contribution in [2.24, 2.45) is 5.10 Å². The summed E-state index contributed by atoms with van der Waals surface area (Å²) in [5.41, 5.74) is 4.64. The number of methoxy groups -OCH3 is 1. The van der Waals surface area contributed by atoms with Gasteiger partial charge in [0.05, 0.1) is 19.1 Å². The first-order valence-electron chi connectivity index (χ1n) is 8.68. The molecule has 1 aromatic carbocycles. The molecule has 0 atom stereocenters. The smallest absolute Gasteiger partial charge is 0.250 e. The lowest BCUT2D eigenvalue weighted by Gasteiger charge is -2.07. The van der Waals surface area contributed by atoms with Gasteiger partial charge in [0, 0.05) is 17.0 Å². The van der Waals surface area contributed by atoms with Gasteiger partial charge in [0.25, 0.3) is 5.91 Å². The summed E-state index contributed by atoms with van der Waals surface area (Å²) in [7, 11) is 1.63. The predicted octanol–water partition coefficient (Wildman–Crippen LogP) is 3.59. The molecule has 7 nitrogen and oxygen atoms in total. The lowest BCUT2D eigenvalue weighted by atomic mass is 10.2. The molecule has 2 aromatic heterocycles. The van der Waals surface area contributed by atoms with Gasteiger partial charge in [-0.05, 0) is 55.1 Å². The first kappa shape index (κ1) is 20.1. The minimum atomic E-state index is -0.188. The number of aromatic nitrogens is 3. The van der Waals surface area contributed by atoms with Crippen molar-refractivity contribution >= 4 is 35.2 Å². The van der Waals surface area contributed by atoms with Crippen LogP contribution >= 0.6 is 23.1 Å². The maximum absolute atomic E-state index is 12.1. The number of rotatable bonds is 8. The second kappa shape index (κ2) is 9.52. The minimum absolute atomic E-state index is 0.188. The Morgan fingerprint density at radius 2 is 2.11 bits per heavy atom. The predicted molar refractivity (Wildman–Crippen MR) is 113 cm³/mol. The summed E-state index contributed by atoms with van der Waals surface area (Å²) in [6.45, 7) is 4.73. The van der Waals surface area contributed by atoms with Gasteiger partial charge in [-0.1, -0.05) is 11.8 Å². The van der Waals surface area contributed by atoms with Gasteiger partial charge >= 0.3 is 0 Å².